The van der Waals surface area contributed by atoms with E-state index in [2.05, 4.69) is 9.97 Å². The van der Waals surface area contributed by atoms with E-state index in [1.165, 1.54) is 29.2 Å². The van der Waals surface area contributed by atoms with E-state index in [4.69, 9.17) is 27.9 Å². The zero-order chi connectivity index (χ0) is 27.1. The zero-order valence-electron chi connectivity index (χ0n) is 20.4. The topological polar surface area (TPSA) is 99.2 Å². The third-order valence-corrected chi connectivity index (χ3v) is 6.38. The fourth-order valence-corrected chi connectivity index (χ4v) is 4.20. The van der Waals surface area contributed by atoms with E-state index in [0.29, 0.717) is 16.9 Å². The number of halogens is 3. The summed E-state index contributed by atoms with van der Waals surface area (Å²) < 4.78 is 21.6. The Morgan fingerprint density at radius 2 is 1.81 bits per heavy atom. The highest BCUT2D eigenvalue weighted by Crippen LogP contribution is 2.27. The Morgan fingerprint density at radius 1 is 1.08 bits per heavy atom. The van der Waals surface area contributed by atoms with Crippen molar-refractivity contribution in [3.63, 3.8) is 0 Å². The molecule has 4 heterocycles. The Bertz CT molecular complexity index is 1630. The van der Waals surface area contributed by atoms with Crippen molar-refractivity contribution >= 4 is 23.2 Å². The van der Waals surface area contributed by atoms with Gasteiger partial charge in [0.25, 0.3) is 11.1 Å². The maximum Gasteiger partial charge on any atom is 0.277 e. The molecule has 8 nitrogen and oxygen atoms in total. The maximum absolute atomic E-state index is 13.3. The molecule has 0 atom stereocenters. The molecule has 0 radical (unpaired) electrons. The van der Waals surface area contributed by atoms with Crippen LogP contribution in [0.4, 0.5) is 4.39 Å². The highest BCUT2D eigenvalue weighted by molar-refractivity contribution is 6.32. The quantitative estimate of drug-likeness (QED) is 0.379. The van der Waals surface area contributed by atoms with Crippen LogP contribution in [0, 0.1) is 19.7 Å². The lowest BCUT2D eigenvalue weighted by Gasteiger charge is -2.19. The molecule has 37 heavy (non-hydrogen) atoms. The first-order valence-corrected chi connectivity index (χ1v) is 11.9. The number of pyridine rings is 4. The van der Waals surface area contributed by atoms with E-state index in [9.17, 15) is 19.1 Å². The standard InChI is InChI=1S/C26H23Cl2FN4O4/c1-14-11-31-22(32-7-5-6-17(24(32)34)26(3,4)36)10-20(14)33-15(2)8-21(23(28)25(33)35)37-13-19-18(27)9-16(29)12-30-19/h5-12,36H,13H2,1-4H3. The number of ether oxygens (including phenoxy) is 1. The molecule has 0 spiro atoms. The minimum atomic E-state index is -1.35. The van der Waals surface area contributed by atoms with Crippen molar-refractivity contribution in [3.05, 3.63) is 108 Å². The van der Waals surface area contributed by atoms with Gasteiger partial charge in [0.2, 0.25) is 0 Å². The van der Waals surface area contributed by atoms with Crippen LogP contribution < -0.4 is 15.9 Å². The van der Waals surface area contributed by atoms with Gasteiger partial charge in [0.15, 0.2) is 0 Å². The average Bonchev–Trinajstić information content (AvgIpc) is 2.82. The molecular weight excluding hydrogens is 522 g/mol. The molecule has 11 heteroatoms. The Hall–Kier alpha value is -3.53. The molecule has 0 saturated heterocycles. The highest BCUT2D eigenvalue weighted by Gasteiger charge is 2.22. The van der Waals surface area contributed by atoms with Gasteiger partial charge in [-0.3, -0.25) is 23.7 Å². The van der Waals surface area contributed by atoms with Gasteiger partial charge in [-0.2, -0.15) is 0 Å². The number of hydrogen-bond donors (Lipinski definition) is 1. The summed E-state index contributed by atoms with van der Waals surface area (Å²) >= 11 is 12.4. The van der Waals surface area contributed by atoms with Crippen molar-refractivity contribution in [2.45, 2.75) is 39.9 Å². The molecular formula is C26H23Cl2FN4O4. The minimum Gasteiger partial charge on any atom is -0.485 e. The van der Waals surface area contributed by atoms with Crippen molar-refractivity contribution in [1.29, 1.82) is 0 Å². The molecule has 1 N–H and O–H groups in total. The maximum atomic E-state index is 13.3. The summed E-state index contributed by atoms with van der Waals surface area (Å²) in [6.07, 6.45) is 4.09. The van der Waals surface area contributed by atoms with Gasteiger partial charge in [-0.15, -0.1) is 0 Å². The lowest BCUT2D eigenvalue weighted by atomic mass is 10.0. The van der Waals surface area contributed by atoms with Crippen molar-refractivity contribution in [2.24, 2.45) is 0 Å². The lowest BCUT2D eigenvalue weighted by molar-refractivity contribution is 0.0767. The van der Waals surface area contributed by atoms with Crippen LogP contribution in [0.2, 0.25) is 10.0 Å². The van der Waals surface area contributed by atoms with Gasteiger partial charge < -0.3 is 9.84 Å². The average molecular weight is 545 g/mol. The zero-order valence-corrected chi connectivity index (χ0v) is 21.9. The van der Waals surface area contributed by atoms with Crippen LogP contribution in [-0.4, -0.2) is 24.2 Å². The second kappa shape index (κ2) is 10.1. The largest absolute Gasteiger partial charge is 0.485 e. The van der Waals surface area contributed by atoms with E-state index in [1.54, 1.807) is 44.3 Å². The molecule has 0 fully saturated rings. The molecule has 0 bridgehead atoms. The van der Waals surface area contributed by atoms with Crippen LogP contribution in [0.3, 0.4) is 0 Å². The third kappa shape index (κ3) is 5.29. The number of aryl methyl sites for hydroxylation is 2. The number of aliphatic hydroxyl groups is 1. The van der Waals surface area contributed by atoms with E-state index in [0.717, 1.165) is 12.3 Å². The van der Waals surface area contributed by atoms with Gasteiger partial charge >= 0.3 is 0 Å². The Morgan fingerprint density at radius 3 is 2.49 bits per heavy atom. The fourth-order valence-electron chi connectivity index (χ4n) is 3.80. The molecule has 0 saturated carbocycles. The first-order valence-electron chi connectivity index (χ1n) is 11.1. The molecule has 4 rings (SSSR count). The summed E-state index contributed by atoms with van der Waals surface area (Å²) in [5, 5.41) is 10.3. The molecule has 0 amide bonds. The van der Waals surface area contributed by atoms with Gasteiger partial charge in [-0.25, -0.2) is 9.37 Å². The van der Waals surface area contributed by atoms with Crippen molar-refractivity contribution in [3.8, 4) is 17.3 Å². The number of rotatable bonds is 6. The predicted molar refractivity (Wildman–Crippen MR) is 139 cm³/mol. The Balaban J connectivity index is 1.76. The number of hydrogen-bond acceptors (Lipinski definition) is 6. The molecule has 0 unspecified atom stereocenters. The van der Waals surface area contributed by atoms with Crippen LogP contribution in [-0.2, 0) is 12.2 Å². The Labute approximate surface area is 221 Å². The second-order valence-corrected chi connectivity index (χ2v) is 9.75. The van der Waals surface area contributed by atoms with Gasteiger partial charge in [0, 0.05) is 35.8 Å². The summed E-state index contributed by atoms with van der Waals surface area (Å²) in [4.78, 5) is 34.6. The number of nitrogens with zero attached hydrogens (tertiary/aromatic N) is 4. The van der Waals surface area contributed by atoms with Crippen LogP contribution in [0.5, 0.6) is 5.75 Å². The SMILES string of the molecule is Cc1cnc(-n2cccc(C(C)(C)O)c2=O)cc1-n1c(C)cc(OCc2ncc(F)cc2Cl)c(Cl)c1=O. The van der Waals surface area contributed by atoms with Gasteiger partial charge in [0.1, 0.15) is 29.0 Å². The van der Waals surface area contributed by atoms with Crippen molar-refractivity contribution in [2.75, 3.05) is 0 Å². The number of aromatic nitrogens is 4. The normalized spacial score (nSPS) is 11.6. The van der Waals surface area contributed by atoms with Crippen molar-refractivity contribution in [1.82, 2.24) is 19.1 Å². The van der Waals surface area contributed by atoms with E-state index < -0.39 is 22.5 Å². The van der Waals surface area contributed by atoms with Crippen LogP contribution >= 0.6 is 23.2 Å². The molecule has 192 valence electrons. The summed E-state index contributed by atoms with van der Waals surface area (Å²) in [6.45, 7) is 6.40. The molecule has 4 aromatic rings. The van der Waals surface area contributed by atoms with Crippen LogP contribution in [0.1, 0.15) is 36.4 Å². The summed E-state index contributed by atoms with van der Waals surface area (Å²) in [6, 6.07) is 7.48. The predicted octanol–water partition coefficient (Wildman–Crippen LogP) is 4.65. The lowest BCUT2D eigenvalue weighted by Crippen LogP contribution is -2.31. The summed E-state index contributed by atoms with van der Waals surface area (Å²) in [5.74, 6) is -0.202. The Kier molecular flexibility index (Phi) is 7.23. The minimum absolute atomic E-state index is 0.0880. The summed E-state index contributed by atoms with van der Waals surface area (Å²) in [5.41, 5.74) is -0.221. The third-order valence-electron chi connectivity index (χ3n) is 5.70. The van der Waals surface area contributed by atoms with Crippen molar-refractivity contribution < 1.29 is 14.2 Å². The monoisotopic (exact) mass is 544 g/mol. The fraction of sp³-hybridized carbons (Fsp3) is 0.231. The molecule has 0 aromatic carbocycles. The second-order valence-electron chi connectivity index (χ2n) is 8.96. The molecule has 0 aliphatic carbocycles. The molecule has 4 aromatic heterocycles. The van der Waals surface area contributed by atoms with Gasteiger partial charge in [0.05, 0.1) is 28.2 Å². The van der Waals surface area contributed by atoms with E-state index >= 15 is 0 Å². The summed E-state index contributed by atoms with van der Waals surface area (Å²) in [7, 11) is 0. The molecule has 0 aliphatic rings. The van der Waals surface area contributed by atoms with Crippen LogP contribution in [0.25, 0.3) is 11.5 Å². The first-order chi connectivity index (χ1) is 17.4. The van der Waals surface area contributed by atoms with Gasteiger partial charge in [-0.1, -0.05) is 23.2 Å². The van der Waals surface area contributed by atoms with E-state index in [1.807, 2.05) is 0 Å². The van der Waals surface area contributed by atoms with E-state index in [-0.39, 0.29) is 39.5 Å². The highest BCUT2D eigenvalue weighted by atomic mass is 35.5. The van der Waals surface area contributed by atoms with Gasteiger partial charge in [-0.05, 0) is 51.5 Å². The van der Waals surface area contributed by atoms with Crippen LogP contribution in [0.15, 0.2) is 58.5 Å². The smallest absolute Gasteiger partial charge is 0.277 e. The first kappa shape index (κ1) is 26.5. The molecule has 0 aliphatic heterocycles.